The van der Waals surface area contributed by atoms with Gasteiger partial charge in [0.2, 0.25) is 6.16 Å². The Bertz CT molecular complexity index is 319. The Morgan fingerprint density at radius 2 is 1.40 bits per heavy atom. The van der Waals surface area contributed by atoms with E-state index in [9.17, 15) is 19.4 Å². The molecule has 14 heteroatoms. The molecule has 0 rings (SSSR count). The molecule has 0 radical (unpaired) electrons. The van der Waals surface area contributed by atoms with E-state index in [-0.39, 0.29) is 80.9 Å². The first kappa shape index (κ1) is 25.8. The van der Waals surface area contributed by atoms with Crippen LogP contribution in [0, 0.1) is 0 Å². The van der Waals surface area contributed by atoms with Gasteiger partial charge in [0.15, 0.2) is 0 Å². The molecule has 80 valence electrons. The Hall–Kier alpha value is 2.05. The van der Waals surface area contributed by atoms with Crippen LogP contribution in [0.4, 0.5) is 4.79 Å². The first-order chi connectivity index (χ1) is 5.44. The van der Waals surface area contributed by atoms with Gasteiger partial charge in [-0.3, -0.25) is 0 Å². The van der Waals surface area contributed by atoms with Crippen molar-refractivity contribution in [3.8, 4) is 0 Å². The fraction of sp³-hybridized carbons (Fsp3) is 0. The van der Waals surface area contributed by atoms with E-state index in [0.29, 0.717) is 0 Å². The second-order valence-corrected chi connectivity index (χ2v) is 4.87. The Balaban J connectivity index is -0.0000000883. The van der Waals surface area contributed by atoms with Crippen LogP contribution in [-0.4, -0.2) is 15.4 Å². The molecule has 0 amide bonds. The van der Waals surface area contributed by atoms with Crippen LogP contribution in [0.15, 0.2) is 0 Å². The van der Waals surface area contributed by atoms with E-state index in [1.807, 2.05) is 0 Å². The average Bonchev–Trinajstić information content (AvgIpc) is 1.47. The third-order valence-corrected chi connectivity index (χ3v) is 2.88. The van der Waals surface area contributed by atoms with Crippen LogP contribution in [0.2, 0.25) is 0 Å². The maximum atomic E-state index is 9.49. The molecule has 0 aliphatic carbocycles. The zero-order valence-electron chi connectivity index (χ0n) is 7.48. The first-order valence-corrected chi connectivity index (χ1v) is 6.19. The van der Waals surface area contributed by atoms with E-state index >= 15 is 0 Å². The summed E-state index contributed by atoms with van der Waals surface area (Å²) in [4.78, 5) is 8.44. The summed E-state index contributed by atoms with van der Waals surface area (Å²) in [5.74, 6) is 0. The van der Waals surface area contributed by atoms with Gasteiger partial charge in [-0.2, -0.15) is 0 Å². The molecule has 0 aromatic heterocycles. The Kier molecular flexibility index (Phi) is 19.2. The van der Waals surface area contributed by atoms with Crippen LogP contribution >= 0.6 is 0 Å². The Morgan fingerprint density at radius 1 is 1.20 bits per heavy atom. The van der Waals surface area contributed by atoms with Crippen LogP contribution in [0.3, 0.4) is 0 Å². The van der Waals surface area contributed by atoms with Crippen LogP contribution in [0.1, 0.15) is 0 Å². The molecular weight excluding hydrogens is 338 g/mol. The molecule has 0 heterocycles. The third-order valence-electron chi connectivity index (χ3n) is 0.169. The van der Waals surface area contributed by atoms with Crippen molar-refractivity contribution < 1.29 is 150 Å². The Labute approximate surface area is 152 Å². The van der Waals surface area contributed by atoms with Crippen molar-refractivity contribution in [2.24, 2.45) is 0 Å². The van der Waals surface area contributed by atoms with E-state index < -0.39 is 33.4 Å². The van der Waals surface area contributed by atoms with Crippen LogP contribution in [0.5, 0.6) is 0 Å². The van der Waals surface area contributed by atoms with Gasteiger partial charge in [0.1, 0.15) is 0 Å². The quantitative estimate of drug-likeness (QED) is 0.458. The topological polar surface area (TPSA) is 181 Å². The van der Waals surface area contributed by atoms with Crippen molar-refractivity contribution in [1.29, 1.82) is 0 Å². The fourth-order valence-corrected chi connectivity index (χ4v) is 1.79. The van der Waals surface area contributed by atoms with E-state index in [0.717, 1.165) is 0 Å². The van der Waals surface area contributed by atoms with Crippen molar-refractivity contribution in [1.82, 2.24) is 0 Å². The molecule has 15 heavy (non-hydrogen) atoms. The first-order valence-electron chi connectivity index (χ1n) is 1.98. The predicted octanol–water partition coefficient (Wildman–Crippen LogP) is -9.40. The third kappa shape index (κ3) is 48.9. The molecule has 0 unspecified atom stereocenters. The monoisotopic (exact) mass is 340 g/mol. The van der Waals surface area contributed by atoms with Gasteiger partial charge >= 0.3 is 135 Å². The molecule has 0 saturated heterocycles. The summed E-state index contributed by atoms with van der Waals surface area (Å²) in [6, 6.07) is 0. The van der Waals surface area contributed by atoms with Gasteiger partial charge in [-0.25, -0.2) is 0 Å². The molecule has 0 fully saturated rings. The molecule has 0 spiro atoms. The van der Waals surface area contributed by atoms with Crippen LogP contribution < -0.4 is 90.2 Å². The summed E-state index contributed by atoms with van der Waals surface area (Å²) in [5.41, 5.74) is 0. The molecule has 0 aliphatic rings. The SMILES string of the molecule is O=C([O-])O.[K+].[Na+].[O]=[Cr](=[O])([O-])[O][Cr](=[O])(=[O])[OH]. The molecule has 0 atom stereocenters. The molecule has 0 saturated carbocycles. The van der Waals surface area contributed by atoms with Crippen molar-refractivity contribution >= 4 is 6.16 Å². The van der Waals surface area contributed by atoms with Crippen molar-refractivity contribution in [3.05, 3.63) is 0 Å². The predicted molar refractivity (Wildman–Crippen MR) is 14.1 cm³/mol. The molecule has 0 aromatic rings. The van der Waals surface area contributed by atoms with E-state index in [4.69, 9.17) is 19.2 Å². The van der Waals surface area contributed by atoms with Crippen molar-refractivity contribution in [3.63, 3.8) is 0 Å². The fourth-order valence-electron chi connectivity index (χ4n) is 0.105. The van der Waals surface area contributed by atoms with Crippen molar-refractivity contribution in [2.45, 2.75) is 0 Å². The van der Waals surface area contributed by atoms with Crippen molar-refractivity contribution in [2.75, 3.05) is 0 Å². The van der Waals surface area contributed by atoms with Gasteiger partial charge in [0, 0.05) is 0 Å². The number of rotatable bonds is 2. The molecular formula is CH2Cr2KNaO10. The summed E-state index contributed by atoms with van der Waals surface area (Å²) in [5, 5.41) is 15.3. The average molecular weight is 340 g/mol. The second kappa shape index (κ2) is 11.2. The number of carboxylic acid groups (broad SMARTS) is 2. The van der Waals surface area contributed by atoms with Crippen LogP contribution in [-0.2, 0) is 45.3 Å². The number of hydrogen-bond acceptors (Lipinski definition) is 8. The minimum atomic E-state index is -6.01. The van der Waals surface area contributed by atoms with E-state index in [1.54, 1.807) is 0 Å². The summed E-state index contributed by atoms with van der Waals surface area (Å²) in [6.07, 6.45) is -2.08. The molecule has 2 N–H and O–H groups in total. The van der Waals surface area contributed by atoms with Gasteiger partial charge in [0.25, 0.3) is 0 Å². The van der Waals surface area contributed by atoms with Gasteiger partial charge in [-0.15, -0.1) is 0 Å². The molecule has 0 bridgehead atoms. The number of hydrogen-bond donors (Lipinski definition) is 2. The normalized spacial score (nSPS) is 9.73. The standard InChI is InChI=1S/CH2O3.2Cr.K.Na.H2O.6O/c2-1(3)4;;;;;;;;;;;/h(H2,2,3,4);;;;;1H2;;;;;;/q;;3*+1;;;;;;;-1/p-2. The zero-order valence-corrected chi connectivity index (χ0v) is 15.2. The molecule has 0 aliphatic heterocycles. The van der Waals surface area contributed by atoms with Gasteiger partial charge in [0.05, 0.1) is 0 Å². The number of carbonyl (C=O) groups is 1. The van der Waals surface area contributed by atoms with E-state index in [1.165, 1.54) is 0 Å². The summed E-state index contributed by atoms with van der Waals surface area (Å²) >= 11 is -11.8. The molecule has 0 aromatic carbocycles. The minimum absolute atomic E-state index is 0. The summed E-state index contributed by atoms with van der Waals surface area (Å²) in [6.45, 7) is 0. The van der Waals surface area contributed by atoms with Crippen LogP contribution in [0.25, 0.3) is 0 Å². The maximum absolute atomic E-state index is 9.49. The molecule has 10 nitrogen and oxygen atoms in total. The Morgan fingerprint density at radius 3 is 1.40 bits per heavy atom. The second-order valence-electron chi connectivity index (χ2n) is 1.17. The van der Waals surface area contributed by atoms with Gasteiger partial charge in [-0.1, -0.05) is 0 Å². The van der Waals surface area contributed by atoms with E-state index in [2.05, 4.69) is 2.84 Å². The summed E-state index contributed by atoms with van der Waals surface area (Å²) < 4.78 is 57.6. The zero-order chi connectivity index (χ0) is 11.3. The summed E-state index contributed by atoms with van der Waals surface area (Å²) in [7, 11) is 0. The van der Waals surface area contributed by atoms with Gasteiger partial charge in [-0.05, 0) is 0 Å². The van der Waals surface area contributed by atoms with Gasteiger partial charge < -0.3 is 15.0 Å².